The fourth-order valence-corrected chi connectivity index (χ4v) is 2.56. The number of esters is 1. The molecule has 0 saturated heterocycles. The van der Waals surface area contributed by atoms with Crippen molar-refractivity contribution in [2.75, 3.05) is 20.2 Å². The first kappa shape index (κ1) is 13.6. The molecular formula is C14H18BrNO2. The Balaban J connectivity index is 1.74. The summed E-state index contributed by atoms with van der Waals surface area (Å²) >= 11 is 3.53. The molecule has 4 heteroatoms. The minimum atomic E-state index is -0.233. The Labute approximate surface area is 116 Å². The van der Waals surface area contributed by atoms with Crippen LogP contribution >= 0.6 is 15.9 Å². The van der Waals surface area contributed by atoms with E-state index in [4.69, 9.17) is 4.74 Å². The highest BCUT2D eigenvalue weighted by atomic mass is 79.9. The normalized spacial score (nSPS) is 16.3. The Morgan fingerprint density at radius 2 is 2.17 bits per heavy atom. The maximum absolute atomic E-state index is 11.5. The number of ether oxygens (including phenoxy) is 1. The number of hydrogen-bond acceptors (Lipinski definition) is 3. The van der Waals surface area contributed by atoms with Crippen molar-refractivity contribution in [1.29, 1.82) is 0 Å². The van der Waals surface area contributed by atoms with Crippen LogP contribution in [0.15, 0.2) is 28.7 Å². The van der Waals surface area contributed by atoms with Crippen LogP contribution in [-0.2, 0) is 16.0 Å². The predicted octanol–water partition coefficient (Wildman–Crippen LogP) is 2.53. The number of halogens is 1. The molecule has 2 rings (SSSR count). The first-order valence-corrected chi connectivity index (χ1v) is 7.00. The van der Waals surface area contributed by atoms with E-state index in [9.17, 15) is 4.79 Å². The fourth-order valence-electron chi connectivity index (χ4n) is 2.07. The quantitative estimate of drug-likeness (QED) is 0.648. The van der Waals surface area contributed by atoms with Crippen molar-refractivity contribution in [3.8, 4) is 0 Å². The van der Waals surface area contributed by atoms with Crippen molar-refractivity contribution in [3.63, 3.8) is 0 Å². The second-order valence-corrected chi connectivity index (χ2v) is 5.64. The van der Waals surface area contributed by atoms with Crippen molar-refractivity contribution in [1.82, 2.24) is 5.32 Å². The summed E-state index contributed by atoms with van der Waals surface area (Å²) in [5.41, 5.74) is 1.05. The molecule has 0 amide bonds. The molecule has 0 atom stereocenters. The minimum Gasteiger partial charge on any atom is -0.469 e. The molecule has 0 aliphatic heterocycles. The topological polar surface area (TPSA) is 38.3 Å². The van der Waals surface area contributed by atoms with Crippen LogP contribution in [-0.4, -0.2) is 26.2 Å². The third kappa shape index (κ3) is 3.12. The van der Waals surface area contributed by atoms with Crippen molar-refractivity contribution in [3.05, 3.63) is 34.3 Å². The van der Waals surface area contributed by atoms with E-state index in [-0.39, 0.29) is 11.4 Å². The second kappa shape index (κ2) is 5.85. The molecule has 0 radical (unpaired) electrons. The molecule has 1 aliphatic rings. The summed E-state index contributed by atoms with van der Waals surface area (Å²) in [5.74, 6) is -0.0732. The molecule has 0 heterocycles. The van der Waals surface area contributed by atoms with Crippen molar-refractivity contribution < 1.29 is 9.53 Å². The van der Waals surface area contributed by atoms with Gasteiger partial charge in [-0.15, -0.1) is 0 Å². The molecule has 1 N–H and O–H groups in total. The summed E-state index contributed by atoms with van der Waals surface area (Å²) in [6.45, 7) is 1.60. The number of carbonyl (C=O) groups is 1. The van der Waals surface area contributed by atoms with E-state index in [2.05, 4.69) is 27.3 Å². The van der Waals surface area contributed by atoms with Crippen molar-refractivity contribution in [2.45, 2.75) is 19.3 Å². The van der Waals surface area contributed by atoms with Gasteiger partial charge in [0.15, 0.2) is 0 Å². The summed E-state index contributed by atoms with van der Waals surface area (Å²) in [4.78, 5) is 11.5. The first-order valence-electron chi connectivity index (χ1n) is 6.20. The van der Waals surface area contributed by atoms with Gasteiger partial charge in [0.2, 0.25) is 0 Å². The lowest BCUT2D eigenvalue weighted by Gasteiger charge is -2.13. The van der Waals surface area contributed by atoms with E-state index < -0.39 is 0 Å². The number of methoxy groups -OCH3 is 1. The number of carbonyl (C=O) groups excluding carboxylic acids is 1. The summed E-state index contributed by atoms with van der Waals surface area (Å²) in [5, 5.41) is 3.36. The van der Waals surface area contributed by atoms with Crippen LogP contribution < -0.4 is 5.32 Å². The van der Waals surface area contributed by atoms with E-state index in [1.54, 1.807) is 0 Å². The highest BCUT2D eigenvalue weighted by Gasteiger charge is 2.50. The molecule has 1 aromatic carbocycles. The van der Waals surface area contributed by atoms with Crippen LogP contribution in [0.5, 0.6) is 0 Å². The standard InChI is InChI=1S/C14H18BrNO2/c1-18-13(17)14(7-8-14)10-16-9-6-11-4-2-3-5-12(11)15/h2-5,16H,6-10H2,1H3. The summed E-state index contributed by atoms with van der Waals surface area (Å²) in [7, 11) is 1.46. The average molecular weight is 312 g/mol. The summed E-state index contributed by atoms with van der Waals surface area (Å²) < 4.78 is 5.97. The highest BCUT2D eigenvalue weighted by molar-refractivity contribution is 9.10. The molecule has 1 fully saturated rings. The molecule has 1 aliphatic carbocycles. The largest absolute Gasteiger partial charge is 0.469 e. The van der Waals surface area contributed by atoms with E-state index >= 15 is 0 Å². The smallest absolute Gasteiger partial charge is 0.313 e. The number of benzene rings is 1. The van der Waals surface area contributed by atoms with Crippen LogP contribution in [0.2, 0.25) is 0 Å². The molecule has 18 heavy (non-hydrogen) atoms. The van der Waals surface area contributed by atoms with Gasteiger partial charge in [0, 0.05) is 11.0 Å². The van der Waals surface area contributed by atoms with Gasteiger partial charge in [0.05, 0.1) is 12.5 Å². The third-order valence-corrected chi connectivity index (χ3v) is 4.24. The van der Waals surface area contributed by atoms with Gasteiger partial charge < -0.3 is 10.1 Å². The zero-order chi connectivity index (χ0) is 13.0. The van der Waals surface area contributed by atoms with Crippen LogP contribution in [0.4, 0.5) is 0 Å². The van der Waals surface area contributed by atoms with E-state index in [1.165, 1.54) is 12.7 Å². The van der Waals surface area contributed by atoms with Gasteiger partial charge in [0.25, 0.3) is 0 Å². The molecule has 3 nitrogen and oxygen atoms in total. The Morgan fingerprint density at radius 1 is 1.44 bits per heavy atom. The molecule has 1 aromatic rings. The van der Waals surface area contributed by atoms with E-state index in [1.807, 2.05) is 18.2 Å². The molecule has 0 unspecified atom stereocenters. The monoisotopic (exact) mass is 311 g/mol. The van der Waals surface area contributed by atoms with E-state index in [0.29, 0.717) is 0 Å². The molecule has 98 valence electrons. The number of nitrogens with one attached hydrogen (secondary N) is 1. The number of rotatable bonds is 6. The lowest BCUT2D eigenvalue weighted by molar-refractivity contribution is -0.146. The maximum atomic E-state index is 11.5. The zero-order valence-corrected chi connectivity index (χ0v) is 12.1. The first-order chi connectivity index (χ1) is 8.68. The van der Waals surface area contributed by atoms with Gasteiger partial charge in [-0.1, -0.05) is 34.1 Å². The van der Waals surface area contributed by atoms with E-state index in [0.717, 1.165) is 36.8 Å². The zero-order valence-electron chi connectivity index (χ0n) is 10.5. The third-order valence-electron chi connectivity index (χ3n) is 3.46. The van der Waals surface area contributed by atoms with Crippen LogP contribution in [0.1, 0.15) is 18.4 Å². The SMILES string of the molecule is COC(=O)C1(CNCCc2ccccc2Br)CC1. The molecule has 0 bridgehead atoms. The van der Waals surface area contributed by atoms with Crippen LogP contribution in [0.25, 0.3) is 0 Å². The lowest BCUT2D eigenvalue weighted by atomic mass is 10.1. The van der Waals surface area contributed by atoms with Crippen LogP contribution in [0, 0.1) is 5.41 Å². The van der Waals surface area contributed by atoms with Gasteiger partial charge in [-0.25, -0.2) is 0 Å². The molecular weight excluding hydrogens is 294 g/mol. The van der Waals surface area contributed by atoms with Gasteiger partial charge in [-0.3, -0.25) is 4.79 Å². The summed E-state index contributed by atoms with van der Waals surface area (Å²) in [6.07, 6.45) is 2.85. The minimum absolute atomic E-state index is 0.0732. The fraction of sp³-hybridized carbons (Fsp3) is 0.500. The average Bonchev–Trinajstić information content (AvgIpc) is 3.17. The Bertz CT molecular complexity index is 430. The highest BCUT2D eigenvalue weighted by Crippen LogP contribution is 2.45. The van der Waals surface area contributed by atoms with Crippen LogP contribution in [0.3, 0.4) is 0 Å². The molecule has 1 saturated carbocycles. The Kier molecular flexibility index (Phi) is 4.40. The van der Waals surface area contributed by atoms with Crippen molar-refractivity contribution in [2.24, 2.45) is 5.41 Å². The summed E-state index contributed by atoms with van der Waals surface area (Å²) in [6, 6.07) is 8.21. The van der Waals surface area contributed by atoms with Gasteiger partial charge >= 0.3 is 5.97 Å². The van der Waals surface area contributed by atoms with Crippen molar-refractivity contribution >= 4 is 21.9 Å². The molecule has 0 aromatic heterocycles. The van der Waals surface area contributed by atoms with Gasteiger partial charge in [0.1, 0.15) is 0 Å². The van der Waals surface area contributed by atoms with Gasteiger partial charge in [-0.05, 0) is 37.4 Å². The van der Waals surface area contributed by atoms with Gasteiger partial charge in [-0.2, -0.15) is 0 Å². The predicted molar refractivity (Wildman–Crippen MR) is 74.4 cm³/mol. The Morgan fingerprint density at radius 3 is 2.78 bits per heavy atom. The second-order valence-electron chi connectivity index (χ2n) is 4.79. The maximum Gasteiger partial charge on any atom is 0.313 e. The number of hydrogen-bond donors (Lipinski definition) is 1. The lowest BCUT2D eigenvalue weighted by Crippen LogP contribution is -2.32. The Hall–Kier alpha value is -0.870. The molecule has 0 spiro atoms.